The zero-order chi connectivity index (χ0) is 32.6. The SMILES string of the molecule is COC(=O)C(C)(C)Oc1c(OC)ccnc1C(=O)N[C@H]1COC(=O)C(Cc2ccccc2)C(OC(=O)C(C)C)[C@H](C)OC1=O. The molecule has 1 aliphatic heterocycles. The molecule has 1 aliphatic rings. The van der Waals surface area contributed by atoms with Crippen molar-refractivity contribution in [2.24, 2.45) is 11.8 Å². The number of ether oxygens (including phenoxy) is 6. The number of carbonyl (C=O) groups excluding carboxylic acids is 5. The molecule has 13 nitrogen and oxygen atoms in total. The maximum Gasteiger partial charge on any atom is 0.349 e. The number of hydrogen-bond donors (Lipinski definition) is 1. The topological polar surface area (TPSA) is 166 Å². The summed E-state index contributed by atoms with van der Waals surface area (Å²) in [4.78, 5) is 69.1. The second-order valence-electron chi connectivity index (χ2n) is 10.9. The van der Waals surface area contributed by atoms with Crippen molar-refractivity contribution in [2.45, 2.75) is 64.9 Å². The van der Waals surface area contributed by atoms with Crippen LogP contribution < -0.4 is 14.8 Å². The van der Waals surface area contributed by atoms with Crippen LogP contribution >= 0.6 is 0 Å². The molecule has 0 saturated carbocycles. The van der Waals surface area contributed by atoms with Crippen molar-refractivity contribution < 1.29 is 52.4 Å². The van der Waals surface area contributed by atoms with Gasteiger partial charge in [0.05, 0.1) is 20.1 Å². The zero-order valence-electron chi connectivity index (χ0n) is 25.8. The van der Waals surface area contributed by atoms with Gasteiger partial charge < -0.3 is 33.7 Å². The summed E-state index contributed by atoms with van der Waals surface area (Å²) in [5.74, 6) is -5.54. The summed E-state index contributed by atoms with van der Waals surface area (Å²) in [6.07, 6.45) is -0.841. The number of hydrogen-bond acceptors (Lipinski definition) is 12. The molecule has 1 aromatic carbocycles. The summed E-state index contributed by atoms with van der Waals surface area (Å²) in [7, 11) is 2.52. The molecule has 2 aromatic rings. The smallest absolute Gasteiger partial charge is 0.349 e. The minimum absolute atomic E-state index is 0.0813. The van der Waals surface area contributed by atoms with E-state index in [9.17, 15) is 24.0 Å². The van der Waals surface area contributed by atoms with E-state index in [-0.39, 0.29) is 23.6 Å². The molecular weight excluding hydrogens is 576 g/mol. The van der Waals surface area contributed by atoms with E-state index in [2.05, 4.69) is 10.3 Å². The predicted molar refractivity (Wildman–Crippen MR) is 154 cm³/mol. The Bertz CT molecular complexity index is 1360. The van der Waals surface area contributed by atoms with Crippen LogP contribution in [0.15, 0.2) is 42.6 Å². The molecule has 0 radical (unpaired) electrons. The molecule has 2 heterocycles. The van der Waals surface area contributed by atoms with Gasteiger partial charge in [-0.25, -0.2) is 14.6 Å². The van der Waals surface area contributed by atoms with Gasteiger partial charge in [0.2, 0.25) is 0 Å². The van der Waals surface area contributed by atoms with Crippen molar-refractivity contribution in [1.82, 2.24) is 10.3 Å². The van der Waals surface area contributed by atoms with E-state index < -0.39 is 72.1 Å². The van der Waals surface area contributed by atoms with E-state index in [0.717, 1.165) is 5.56 Å². The van der Waals surface area contributed by atoms with Crippen LogP contribution in [0.4, 0.5) is 0 Å². The summed E-state index contributed by atoms with van der Waals surface area (Å²) >= 11 is 0. The van der Waals surface area contributed by atoms with Gasteiger partial charge in [-0.15, -0.1) is 0 Å². The highest BCUT2D eigenvalue weighted by Gasteiger charge is 2.42. The van der Waals surface area contributed by atoms with E-state index >= 15 is 0 Å². The number of aromatic nitrogens is 1. The molecule has 1 aromatic heterocycles. The van der Waals surface area contributed by atoms with Crippen LogP contribution in [0.1, 0.15) is 50.7 Å². The monoisotopic (exact) mass is 614 g/mol. The Kier molecular flexibility index (Phi) is 11.3. The number of amides is 1. The maximum atomic E-state index is 13.5. The third-order valence-electron chi connectivity index (χ3n) is 6.81. The van der Waals surface area contributed by atoms with Crippen molar-refractivity contribution in [3.63, 3.8) is 0 Å². The summed E-state index contributed by atoms with van der Waals surface area (Å²) in [5.41, 5.74) is -1.09. The van der Waals surface area contributed by atoms with Crippen molar-refractivity contribution in [1.29, 1.82) is 0 Å². The van der Waals surface area contributed by atoms with Gasteiger partial charge in [0.15, 0.2) is 34.9 Å². The summed E-state index contributed by atoms with van der Waals surface area (Å²) < 4.78 is 32.7. The highest BCUT2D eigenvalue weighted by atomic mass is 16.6. The van der Waals surface area contributed by atoms with E-state index in [1.807, 2.05) is 18.2 Å². The Labute approximate surface area is 255 Å². The third kappa shape index (κ3) is 8.23. The molecule has 3 rings (SSSR count). The molecule has 1 N–H and O–H groups in total. The minimum atomic E-state index is -1.54. The first-order valence-electron chi connectivity index (χ1n) is 14.0. The fourth-order valence-corrected chi connectivity index (χ4v) is 4.37. The molecule has 4 atom stereocenters. The first-order valence-corrected chi connectivity index (χ1v) is 14.0. The quantitative estimate of drug-likeness (QED) is 0.307. The lowest BCUT2D eigenvalue weighted by molar-refractivity contribution is -0.176. The number of cyclic esters (lactones) is 2. The number of methoxy groups -OCH3 is 2. The average molecular weight is 615 g/mol. The highest BCUT2D eigenvalue weighted by Crippen LogP contribution is 2.33. The number of rotatable bonds is 10. The molecule has 238 valence electrons. The number of benzene rings is 1. The Morgan fingerprint density at radius 2 is 1.75 bits per heavy atom. The van der Waals surface area contributed by atoms with Crippen molar-refractivity contribution in [3.05, 3.63) is 53.9 Å². The van der Waals surface area contributed by atoms with E-state index in [1.165, 1.54) is 47.3 Å². The molecule has 1 fully saturated rings. The van der Waals surface area contributed by atoms with Crippen LogP contribution in [0.2, 0.25) is 0 Å². The van der Waals surface area contributed by atoms with Gasteiger partial charge in [-0.05, 0) is 32.8 Å². The standard InChI is InChI=1S/C31H38N2O11/c1-17(2)27(35)43-24-18(3)42-29(37)21(16-41-28(36)20(24)15-19-11-9-8-10-12-19)33-26(34)23-25(22(39-6)13-14-32-23)44-31(4,5)30(38)40-7/h8-14,17-18,20-21,24H,15-16H2,1-7H3,(H,33,34)/t18-,20?,21-,24?/m0/s1. The first kappa shape index (κ1) is 33.8. The lowest BCUT2D eigenvalue weighted by Crippen LogP contribution is -2.47. The summed E-state index contributed by atoms with van der Waals surface area (Å²) in [6.45, 7) is 7.05. The lowest BCUT2D eigenvalue weighted by Gasteiger charge is -2.29. The lowest BCUT2D eigenvalue weighted by atomic mass is 9.91. The van der Waals surface area contributed by atoms with E-state index in [1.54, 1.807) is 26.0 Å². The van der Waals surface area contributed by atoms with E-state index in [4.69, 9.17) is 28.4 Å². The van der Waals surface area contributed by atoms with Crippen LogP contribution in [0, 0.1) is 11.8 Å². The molecular formula is C31H38N2O11. The van der Waals surface area contributed by atoms with E-state index in [0.29, 0.717) is 0 Å². The van der Waals surface area contributed by atoms with Gasteiger partial charge in [-0.3, -0.25) is 14.4 Å². The number of nitrogens with one attached hydrogen (secondary N) is 1. The van der Waals surface area contributed by atoms with Gasteiger partial charge in [-0.1, -0.05) is 44.2 Å². The van der Waals surface area contributed by atoms with Gasteiger partial charge in [0, 0.05) is 12.3 Å². The first-order chi connectivity index (χ1) is 20.8. The maximum absolute atomic E-state index is 13.5. The molecule has 0 bridgehead atoms. The van der Waals surface area contributed by atoms with Gasteiger partial charge >= 0.3 is 23.9 Å². The number of pyridine rings is 1. The second-order valence-corrected chi connectivity index (χ2v) is 10.9. The largest absolute Gasteiger partial charge is 0.493 e. The van der Waals surface area contributed by atoms with Gasteiger partial charge in [-0.2, -0.15) is 0 Å². The molecule has 0 aliphatic carbocycles. The van der Waals surface area contributed by atoms with Crippen molar-refractivity contribution in [3.8, 4) is 11.5 Å². The number of esters is 4. The predicted octanol–water partition coefficient (Wildman–Crippen LogP) is 2.43. The highest BCUT2D eigenvalue weighted by molar-refractivity contribution is 5.98. The molecule has 1 amide bonds. The van der Waals surface area contributed by atoms with Crippen molar-refractivity contribution >= 4 is 29.8 Å². The molecule has 0 spiro atoms. The molecule has 44 heavy (non-hydrogen) atoms. The zero-order valence-corrected chi connectivity index (χ0v) is 25.8. The van der Waals surface area contributed by atoms with Gasteiger partial charge in [0.25, 0.3) is 5.91 Å². The Balaban J connectivity index is 1.92. The fraction of sp³-hybridized carbons (Fsp3) is 0.484. The normalized spacial score (nSPS) is 20.6. The Morgan fingerprint density at radius 3 is 2.36 bits per heavy atom. The van der Waals surface area contributed by atoms with Crippen LogP contribution in [0.3, 0.4) is 0 Å². The molecule has 2 unspecified atom stereocenters. The average Bonchev–Trinajstić information content (AvgIpc) is 3.02. The third-order valence-corrected chi connectivity index (χ3v) is 6.81. The second kappa shape index (κ2) is 14.7. The minimum Gasteiger partial charge on any atom is -0.493 e. The molecule has 1 saturated heterocycles. The Hall–Kier alpha value is -4.68. The summed E-state index contributed by atoms with van der Waals surface area (Å²) in [5, 5.41) is 2.47. The van der Waals surface area contributed by atoms with Crippen molar-refractivity contribution in [2.75, 3.05) is 20.8 Å². The van der Waals surface area contributed by atoms with Crippen LogP contribution in [0.5, 0.6) is 11.5 Å². The van der Waals surface area contributed by atoms with Crippen LogP contribution in [0.25, 0.3) is 0 Å². The summed E-state index contributed by atoms with van der Waals surface area (Å²) in [6, 6.07) is 8.99. The van der Waals surface area contributed by atoms with Crippen LogP contribution in [-0.2, 0) is 44.5 Å². The number of nitrogens with zero attached hydrogens (tertiary/aromatic N) is 1. The molecule has 13 heteroatoms. The fourth-order valence-electron chi connectivity index (χ4n) is 4.37. The van der Waals surface area contributed by atoms with Gasteiger partial charge in [0.1, 0.15) is 18.6 Å². The number of carbonyl (C=O) groups is 5. The Morgan fingerprint density at radius 1 is 1.07 bits per heavy atom. The van der Waals surface area contributed by atoms with Crippen LogP contribution in [-0.4, -0.2) is 79.4 Å².